The van der Waals surface area contributed by atoms with Crippen molar-refractivity contribution in [2.45, 2.75) is 19.3 Å². The van der Waals surface area contributed by atoms with Gasteiger partial charge >= 0.3 is 5.97 Å². The molecule has 11 heavy (non-hydrogen) atoms. The van der Waals surface area contributed by atoms with Gasteiger partial charge in [-0.2, -0.15) is 0 Å². The predicted octanol–water partition coefficient (Wildman–Crippen LogP) is 1.98. The number of carboxylic acid groups (broad SMARTS) is 1. The van der Waals surface area contributed by atoms with Crippen LogP contribution in [0.3, 0.4) is 0 Å². The van der Waals surface area contributed by atoms with Crippen LogP contribution >= 0.6 is 0 Å². The predicted molar refractivity (Wildman–Crippen MR) is 43.3 cm³/mol. The monoisotopic (exact) mass is 152 g/mol. The number of carboxylic acids is 1. The van der Waals surface area contributed by atoms with E-state index in [-0.39, 0.29) is 0 Å². The molecule has 0 aromatic rings. The third kappa shape index (κ3) is 3.03. The Hall–Kier alpha value is -1.05. The average molecular weight is 152 g/mol. The minimum atomic E-state index is -0.848. The van der Waals surface area contributed by atoms with E-state index in [1.807, 2.05) is 0 Å². The van der Waals surface area contributed by atoms with Gasteiger partial charge in [-0.3, -0.25) is 0 Å². The van der Waals surface area contributed by atoms with E-state index in [0.29, 0.717) is 5.92 Å². The van der Waals surface area contributed by atoms with E-state index >= 15 is 0 Å². The molecule has 0 aromatic carbocycles. The van der Waals surface area contributed by atoms with Crippen LogP contribution in [0, 0.1) is 5.92 Å². The number of aliphatic carboxylic acids is 1. The van der Waals surface area contributed by atoms with Gasteiger partial charge in [0, 0.05) is 6.08 Å². The smallest absolute Gasteiger partial charge is 0.327 e. The summed E-state index contributed by atoms with van der Waals surface area (Å²) in [4.78, 5) is 10.1. The topological polar surface area (TPSA) is 37.3 Å². The van der Waals surface area contributed by atoms with Gasteiger partial charge < -0.3 is 5.11 Å². The molecule has 1 rings (SSSR count). The number of rotatable bonds is 2. The van der Waals surface area contributed by atoms with E-state index in [1.54, 1.807) is 6.08 Å². The summed E-state index contributed by atoms with van der Waals surface area (Å²) in [5.41, 5.74) is 0. The normalized spacial score (nSPS) is 24.2. The van der Waals surface area contributed by atoms with E-state index in [0.717, 1.165) is 19.3 Å². The van der Waals surface area contributed by atoms with Crippen LogP contribution in [0.25, 0.3) is 0 Å². The number of hydrogen-bond acceptors (Lipinski definition) is 1. The zero-order chi connectivity index (χ0) is 8.10. The first-order valence-electron chi connectivity index (χ1n) is 3.85. The highest BCUT2D eigenvalue weighted by molar-refractivity contribution is 5.79. The summed E-state index contributed by atoms with van der Waals surface area (Å²) >= 11 is 0. The van der Waals surface area contributed by atoms with Gasteiger partial charge in [-0.25, -0.2) is 4.79 Å². The Labute approximate surface area is 66.2 Å². The summed E-state index contributed by atoms with van der Waals surface area (Å²) in [5.74, 6) is -0.407. The van der Waals surface area contributed by atoms with Gasteiger partial charge in [-0.05, 0) is 25.2 Å². The van der Waals surface area contributed by atoms with Crippen molar-refractivity contribution in [1.82, 2.24) is 0 Å². The summed E-state index contributed by atoms with van der Waals surface area (Å²) in [6, 6.07) is 0. The molecule has 2 heteroatoms. The number of allylic oxidation sites excluding steroid dienone is 3. The highest BCUT2D eigenvalue weighted by Gasteiger charge is 2.05. The fourth-order valence-corrected chi connectivity index (χ4v) is 1.21. The molecule has 0 unspecified atom stereocenters. The third-order valence-electron chi connectivity index (χ3n) is 1.82. The largest absolute Gasteiger partial charge is 0.478 e. The summed E-state index contributed by atoms with van der Waals surface area (Å²) in [6.45, 7) is 0. The minimum Gasteiger partial charge on any atom is -0.478 e. The van der Waals surface area contributed by atoms with E-state index in [4.69, 9.17) is 5.11 Å². The SMILES string of the molecule is O=C(O)/C=C/[C@H]1CC=CCC1. The standard InChI is InChI=1S/C9H12O2/c10-9(11)7-6-8-4-2-1-3-5-8/h1-2,6-8H,3-5H2,(H,10,11)/b7-6+/t8-/m0/s1. The first-order chi connectivity index (χ1) is 5.29. The Balaban J connectivity index is 2.37. The van der Waals surface area contributed by atoms with Crippen LogP contribution in [0.2, 0.25) is 0 Å². The molecule has 0 fully saturated rings. The van der Waals surface area contributed by atoms with Crippen LogP contribution in [0.5, 0.6) is 0 Å². The van der Waals surface area contributed by atoms with Crippen LogP contribution in [0.4, 0.5) is 0 Å². The zero-order valence-electron chi connectivity index (χ0n) is 6.36. The lowest BCUT2D eigenvalue weighted by Gasteiger charge is -2.11. The molecule has 0 bridgehead atoms. The van der Waals surface area contributed by atoms with Crippen molar-refractivity contribution in [3.63, 3.8) is 0 Å². The van der Waals surface area contributed by atoms with Crippen molar-refractivity contribution in [3.8, 4) is 0 Å². The van der Waals surface area contributed by atoms with Crippen molar-refractivity contribution in [2.75, 3.05) is 0 Å². The van der Waals surface area contributed by atoms with Crippen molar-refractivity contribution >= 4 is 5.97 Å². The van der Waals surface area contributed by atoms with Gasteiger partial charge in [0.25, 0.3) is 0 Å². The molecular formula is C9H12O2. The molecule has 0 amide bonds. The van der Waals surface area contributed by atoms with Crippen LogP contribution in [-0.4, -0.2) is 11.1 Å². The van der Waals surface area contributed by atoms with Crippen LogP contribution < -0.4 is 0 Å². The maximum Gasteiger partial charge on any atom is 0.327 e. The summed E-state index contributed by atoms with van der Waals surface area (Å²) in [6.07, 6.45) is 10.4. The second-order valence-electron chi connectivity index (χ2n) is 2.74. The Morgan fingerprint density at radius 2 is 2.36 bits per heavy atom. The number of carbonyl (C=O) groups is 1. The Morgan fingerprint density at radius 3 is 2.91 bits per heavy atom. The summed E-state index contributed by atoms with van der Waals surface area (Å²) in [5, 5.41) is 8.34. The molecule has 0 aliphatic heterocycles. The van der Waals surface area contributed by atoms with Gasteiger partial charge in [0.1, 0.15) is 0 Å². The van der Waals surface area contributed by atoms with Crippen molar-refractivity contribution in [1.29, 1.82) is 0 Å². The average Bonchev–Trinajstić information content (AvgIpc) is 2.03. The fourth-order valence-electron chi connectivity index (χ4n) is 1.21. The lowest BCUT2D eigenvalue weighted by molar-refractivity contribution is -0.131. The van der Waals surface area contributed by atoms with E-state index in [1.165, 1.54) is 6.08 Å². The van der Waals surface area contributed by atoms with E-state index in [2.05, 4.69) is 12.2 Å². The third-order valence-corrected chi connectivity index (χ3v) is 1.82. The lowest BCUT2D eigenvalue weighted by atomic mass is 9.94. The molecule has 1 N–H and O–H groups in total. The lowest BCUT2D eigenvalue weighted by Crippen LogP contribution is -1.99. The summed E-state index contributed by atoms with van der Waals surface area (Å²) in [7, 11) is 0. The number of hydrogen-bond donors (Lipinski definition) is 1. The first kappa shape index (κ1) is 8.05. The highest BCUT2D eigenvalue weighted by atomic mass is 16.4. The molecular weight excluding hydrogens is 140 g/mol. The quantitative estimate of drug-likeness (QED) is 0.485. The van der Waals surface area contributed by atoms with Gasteiger partial charge in [-0.15, -0.1) is 0 Å². The molecule has 1 aliphatic rings. The van der Waals surface area contributed by atoms with Gasteiger partial charge in [0.05, 0.1) is 0 Å². The molecule has 2 nitrogen and oxygen atoms in total. The van der Waals surface area contributed by atoms with Crippen LogP contribution in [0.1, 0.15) is 19.3 Å². The fraction of sp³-hybridized carbons (Fsp3) is 0.444. The van der Waals surface area contributed by atoms with Crippen molar-refractivity contribution in [3.05, 3.63) is 24.3 Å². The van der Waals surface area contributed by atoms with Crippen molar-refractivity contribution in [2.24, 2.45) is 5.92 Å². The molecule has 0 saturated carbocycles. The van der Waals surface area contributed by atoms with E-state index in [9.17, 15) is 4.79 Å². The second kappa shape index (κ2) is 3.96. The molecule has 1 aliphatic carbocycles. The summed E-state index contributed by atoms with van der Waals surface area (Å²) < 4.78 is 0. The Kier molecular flexibility index (Phi) is 2.90. The zero-order valence-corrected chi connectivity index (χ0v) is 6.36. The molecule has 0 aromatic heterocycles. The molecule has 0 saturated heterocycles. The Bertz CT molecular complexity index is 192. The maximum absolute atomic E-state index is 10.1. The van der Waals surface area contributed by atoms with Crippen molar-refractivity contribution < 1.29 is 9.90 Å². The van der Waals surface area contributed by atoms with Crippen LogP contribution in [-0.2, 0) is 4.79 Å². The molecule has 0 radical (unpaired) electrons. The molecule has 0 spiro atoms. The van der Waals surface area contributed by atoms with Gasteiger partial charge in [0.15, 0.2) is 0 Å². The van der Waals surface area contributed by atoms with Crippen LogP contribution in [0.15, 0.2) is 24.3 Å². The molecule has 1 atom stereocenters. The van der Waals surface area contributed by atoms with Gasteiger partial charge in [-0.1, -0.05) is 18.2 Å². The Morgan fingerprint density at radius 1 is 1.55 bits per heavy atom. The molecule has 0 heterocycles. The highest BCUT2D eigenvalue weighted by Crippen LogP contribution is 2.18. The maximum atomic E-state index is 10.1. The first-order valence-corrected chi connectivity index (χ1v) is 3.85. The molecule has 60 valence electrons. The van der Waals surface area contributed by atoms with Gasteiger partial charge in [0.2, 0.25) is 0 Å². The minimum absolute atomic E-state index is 0.441. The van der Waals surface area contributed by atoms with E-state index < -0.39 is 5.97 Å². The second-order valence-corrected chi connectivity index (χ2v) is 2.74.